The van der Waals surface area contributed by atoms with Gasteiger partial charge in [0.15, 0.2) is 18.1 Å². The largest absolute Gasteiger partial charge is 0.490 e. The van der Waals surface area contributed by atoms with E-state index in [-0.39, 0.29) is 12.5 Å². The van der Waals surface area contributed by atoms with Gasteiger partial charge in [-0.25, -0.2) is 5.43 Å². The molecule has 0 unspecified atom stereocenters. The molecule has 0 bridgehead atoms. The molecule has 0 aliphatic rings. The first-order valence-electron chi connectivity index (χ1n) is 11.7. The number of benzene rings is 3. The van der Waals surface area contributed by atoms with Gasteiger partial charge in [0.25, 0.3) is 11.8 Å². The molecule has 2 amide bonds. The van der Waals surface area contributed by atoms with Gasteiger partial charge in [0.05, 0.1) is 17.3 Å². The van der Waals surface area contributed by atoms with E-state index in [2.05, 4.69) is 54.3 Å². The smallest absolute Gasteiger partial charge is 0.271 e. The van der Waals surface area contributed by atoms with E-state index in [1.54, 1.807) is 48.5 Å². The summed E-state index contributed by atoms with van der Waals surface area (Å²) in [7, 11) is 0. The Bertz CT molecular complexity index is 1400. The predicted molar refractivity (Wildman–Crippen MR) is 161 cm³/mol. The Kier molecular flexibility index (Phi) is 11.4. The van der Waals surface area contributed by atoms with Gasteiger partial charge in [0.1, 0.15) is 12.4 Å². The molecule has 0 heterocycles. The fourth-order valence-corrected chi connectivity index (χ4v) is 4.80. The van der Waals surface area contributed by atoms with E-state index in [0.717, 1.165) is 10.0 Å². The number of nitrogens with one attached hydrogen (secondary N) is 2. The SMILES string of the molecule is C=CCOc1ccc(C(=O)N/N=C/c2cc(Br)cc(Br)c2OCC(=O)Nc2ccc(C)c(Cl)c2)cc1OCC. The number of aryl methyl sites for hydroxylation is 1. The molecule has 0 radical (unpaired) electrons. The molecule has 0 saturated carbocycles. The monoisotopic (exact) mass is 677 g/mol. The van der Waals surface area contributed by atoms with Crippen LogP contribution in [0.3, 0.4) is 0 Å². The van der Waals surface area contributed by atoms with Crippen molar-refractivity contribution < 1.29 is 23.8 Å². The molecular formula is C28H26Br2ClN3O5. The topological polar surface area (TPSA) is 98.3 Å². The molecule has 8 nitrogen and oxygen atoms in total. The first-order chi connectivity index (χ1) is 18.7. The van der Waals surface area contributed by atoms with Crippen molar-refractivity contribution in [3.05, 3.63) is 91.8 Å². The molecule has 11 heteroatoms. The molecule has 3 aromatic rings. The molecule has 39 heavy (non-hydrogen) atoms. The number of rotatable bonds is 12. The summed E-state index contributed by atoms with van der Waals surface area (Å²) < 4.78 is 18.3. The summed E-state index contributed by atoms with van der Waals surface area (Å²) in [6.07, 6.45) is 3.04. The lowest BCUT2D eigenvalue weighted by atomic mass is 10.2. The standard InChI is InChI=1S/C28H26Br2ClN3O5/c1-4-10-38-24-9-7-18(12-25(24)37-5-2)28(36)34-32-15-19-11-20(29)13-22(30)27(19)39-16-26(35)33-21-8-6-17(3)23(31)14-21/h4,6-9,11-15H,1,5,10,16H2,2-3H3,(H,33,35)(H,34,36)/b32-15+. The fourth-order valence-electron chi connectivity index (χ4n) is 3.24. The second-order valence-electron chi connectivity index (χ2n) is 8.00. The maximum absolute atomic E-state index is 12.7. The van der Waals surface area contributed by atoms with Crippen LogP contribution in [0.25, 0.3) is 0 Å². The zero-order valence-electron chi connectivity index (χ0n) is 21.2. The van der Waals surface area contributed by atoms with Crippen LogP contribution in [0.4, 0.5) is 5.69 Å². The van der Waals surface area contributed by atoms with Gasteiger partial charge in [-0.3, -0.25) is 9.59 Å². The summed E-state index contributed by atoms with van der Waals surface area (Å²) >= 11 is 13.0. The summed E-state index contributed by atoms with van der Waals surface area (Å²) in [5.41, 5.74) is 4.82. The molecular weight excluding hydrogens is 654 g/mol. The number of anilines is 1. The van der Waals surface area contributed by atoms with Gasteiger partial charge in [-0.15, -0.1) is 0 Å². The van der Waals surface area contributed by atoms with Crippen molar-refractivity contribution in [1.82, 2.24) is 5.43 Å². The van der Waals surface area contributed by atoms with Crippen LogP contribution in [0.5, 0.6) is 17.2 Å². The molecule has 204 valence electrons. The van der Waals surface area contributed by atoms with Crippen molar-refractivity contribution in [2.45, 2.75) is 13.8 Å². The van der Waals surface area contributed by atoms with Crippen LogP contribution in [0, 0.1) is 6.92 Å². The Morgan fingerprint density at radius 1 is 1.05 bits per heavy atom. The molecule has 0 aromatic heterocycles. The molecule has 0 atom stereocenters. The van der Waals surface area contributed by atoms with Crippen LogP contribution in [-0.2, 0) is 4.79 Å². The highest BCUT2D eigenvalue weighted by Gasteiger charge is 2.14. The molecule has 3 aromatic carbocycles. The van der Waals surface area contributed by atoms with E-state index < -0.39 is 5.91 Å². The third-order valence-corrected chi connectivity index (χ3v) is 6.53. The molecule has 3 rings (SSSR count). The Hall–Kier alpha value is -3.34. The summed E-state index contributed by atoms with van der Waals surface area (Å²) in [5, 5.41) is 7.37. The molecule has 0 aliphatic carbocycles. The van der Waals surface area contributed by atoms with Gasteiger partial charge < -0.3 is 19.5 Å². The highest BCUT2D eigenvalue weighted by molar-refractivity contribution is 9.11. The van der Waals surface area contributed by atoms with E-state index in [1.807, 2.05) is 19.9 Å². The molecule has 0 spiro atoms. The fraction of sp³-hybridized carbons (Fsp3) is 0.179. The normalized spacial score (nSPS) is 10.7. The van der Waals surface area contributed by atoms with Crippen LogP contribution in [0.2, 0.25) is 5.02 Å². The quantitative estimate of drug-likeness (QED) is 0.123. The summed E-state index contributed by atoms with van der Waals surface area (Å²) in [4.78, 5) is 25.2. The minimum absolute atomic E-state index is 0.264. The lowest BCUT2D eigenvalue weighted by Crippen LogP contribution is -2.21. The zero-order valence-corrected chi connectivity index (χ0v) is 25.2. The number of ether oxygens (including phenoxy) is 3. The van der Waals surface area contributed by atoms with Crippen molar-refractivity contribution in [2.75, 3.05) is 25.1 Å². The van der Waals surface area contributed by atoms with E-state index in [9.17, 15) is 9.59 Å². The molecule has 0 saturated heterocycles. The third kappa shape index (κ3) is 8.84. The van der Waals surface area contributed by atoms with Crippen molar-refractivity contribution in [3.8, 4) is 17.2 Å². The lowest BCUT2D eigenvalue weighted by Gasteiger charge is -2.13. The average Bonchev–Trinajstić information content (AvgIpc) is 2.89. The number of amides is 2. The van der Waals surface area contributed by atoms with Gasteiger partial charge in [-0.2, -0.15) is 5.10 Å². The summed E-state index contributed by atoms with van der Waals surface area (Å²) in [5.74, 6) is 0.498. The highest BCUT2D eigenvalue weighted by atomic mass is 79.9. The van der Waals surface area contributed by atoms with Gasteiger partial charge in [-0.05, 0) is 77.8 Å². The van der Waals surface area contributed by atoms with Crippen molar-refractivity contribution >= 4 is 67.2 Å². The first kappa shape index (κ1) is 30.2. The van der Waals surface area contributed by atoms with E-state index in [0.29, 0.717) is 56.8 Å². The van der Waals surface area contributed by atoms with Crippen molar-refractivity contribution in [3.63, 3.8) is 0 Å². The predicted octanol–water partition coefficient (Wildman–Crippen LogP) is 6.92. The summed E-state index contributed by atoms with van der Waals surface area (Å²) in [6, 6.07) is 13.6. The van der Waals surface area contributed by atoms with Gasteiger partial charge >= 0.3 is 0 Å². The van der Waals surface area contributed by atoms with Crippen LogP contribution in [0.1, 0.15) is 28.4 Å². The van der Waals surface area contributed by atoms with E-state index in [1.165, 1.54) is 6.21 Å². The minimum atomic E-state index is -0.449. The van der Waals surface area contributed by atoms with Crippen molar-refractivity contribution in [1.29, 1.82) is 0 Å². The maximum Gasteiger partial charge on any atom is 0.271 e. The average molecular weight is 680 g/mol. The van der Waals surface area contributed by atoms with Gasteiger partial charge in [0.2, 0.25) is 0 Å². The Labute approximate surface area is 248 Å². The van der Waals surface area contributed by atoms with Crippen LogP contribution in [0.15, 0.2) is 75.2 Å². The van der Waals surface area contributed by atoms with Gasteiger partial charge in [0, 0.05) is 26.3 Å². The van der Waals surface area contributed by atoms with Gasteiger partial charge in [-0.1, -0.05) is 46.3 Å². The number of hydrazone groups is 1. The Morgan fingerprint density at radius 3 is 2.56 bits per heavy atom. The van der Waals surface area contributed by atoms with Crippen LogP contribution in [-0.4, -0.2) is 37.8 Å². The molecule has 2 N–H and O–H groups in total. The summed E-state index contributed by atoms with van der Waals surface area (Å²) in [6.45, 7) is 7.80. The number of hydrogen-bond acceptors (Lipinski definition) is 6. The minimum Gasteiger partial charge on any atom is -0.490 e. The van der Waals surface area contributed by atoms with E-state index in [4.69, 9.17) is 25.8 Å². The molecule has 0 aliphatic heterocycles. The zero-order chi connectivity index (χ0) is 28.4. The lowest BCUT2D eigenvalue weighted by molar-refractivity contribution is -0.118. The maximum atomic E-state index is 12.7. The first-order valence-corrected chi connectivity index (χ1v) is 13.7. The number of carbonyl (C=O) groups is 2. The number of halogens is 3. The second kappa shape index (κ2) is 14.7. The van der Waals surface area contributed by atoms with Crippen LogP contribution >= 0.6 is 43.5 Å². The highest BCUT2D eigenvalue weighted by Crippen LogP contribution is 2.32. The molecule has 0 fully saturated rings. The Balaban J connectivity index is 1.69. The second-order valence-corrected chi connectivity index (χ2v) is 10.2. The number of carbonyl (C=O) groups excluding carboxylic acids is 2. The van der Waals surface area contributed by atoms with E-state index >= 15 is 0 Å². The third-order valence-electron chi connectivity index (χ3n) is 5.07. The van der Waals surface area contributed by atoms with Crippen LogP contribution < -0.4 is 25.0 Å². The number of nitrogens with zero attached hydrogens (tertiary/aromatic N) is 1. The Morgan fingerprint density at radius 2 is 1.85 bits per heavy atom. The number of hydrogen-bond donors (Lipinski definition) is 2. The van der Waals surface area contributed by atoms with Crippen molar-refractivity contribution in [2.24, 2.45) is 5.10 Å².